The van der Waals surface area contributed by atoms with Crippen LogP contribution < -0.4 is 10.1 Å². The van der Waals surface area contributed by atoms with Crippen LogP contribution in [0.5, 0.6) is 5.75 Å². The van der Waals surface area contributed by atoms with Crippen molar-refractivity contribution in [2.24, 2.45) is 0 Å². The average molecular weight is 482 g/mol. The third-order valence-electron chi connectivity index (χ3n) is 6.67. The number of halogens is 1. The summed E-state index contributed by atoms with van der Waals surface area (Å²) < 4.78 is 7.11. The summed E-state index contributed by atoms with van der Waals surface area (Å²) in [5, 5.41) is 4.65. The van der Waals surface area contributed by atoms with Gasteiger partial charge in [-0.2, -0.15) is 0 Å². The lowest BCUT2D eigenvalue weighted by atomic mass is 10.0. The van der Waals surface area contributed by atoms with Crippen molar-refractivity contribution in [3.05, 3.63) is 64.3 Å². The number of amides is 1. The van der Waals surface area contributed by atoms with Gasteiger partial charge in [-0.05, 0) is 80.8 Å². The molecule has 2 heterocycles. The van der Waals surface area contributed by atoms with Crippen LogP contribution in [0.4, 0.5) is 0 Å². The number of hydrogen-bond acceptors (Lipinski definition) is 4. The Balaban J connectivity index is 1.60. The van der Waals surface area contributed by atoms with Gasteiger partial charge in [-0.15, -0.1) is 0 Å². The zero-order chi connectivity index (χ0) is 24.2. The molecule has 4 rings (SSSR count). The van der Waals surface area contributed by atoms with Crippen LogP contribution in [0.3, 0.4) is 0 Å². The lowest BCUT2D eigenvalue weighted by Crippen LogP contribution is -2.45. The SMILES string of the molecule is CCCN1CCC(NC(=O)Cc2c(C)n(C(=O)c3ccc(Cl)cc3)c3ccc(OC)cc23)CC1. The number of fused-ring (bicyclic) bond motifs is 1. The number of nitrogens with zero attached hydrogens (tertiary/aromatic N) is 2. The number of rotatable bonds is 7. The second-order valence-electron chi connectivity index (χ2n) is 8.95. The van der Waals surface area contributed by atoms with E-state index < -0.39 is 0 Å². The first-order valence-electron chi connectivity index (χ1n) is 11.9. The van der Waals surface area contributed by atoms with E-state index in [9.17, 15) is 9.59 Å². The molecule has 0 aliphatic carbocycles. The number of nitrogens with one attached hydrogen (secondary N) is 1. The van der Waals surface area contributed by atoms with Gasteiger partial charge in [0, 0.05) is 40.8 Å². The van der Waals surface area contributed by atoms with Gasteiger partial charge in [0.2, 0.25) is 5.91 Å². The normalized spacial score (nSPS) is 14.9. The first kappa shape index (κ1) is 24.3. The molecule has 2 aromatic carbocycles. The van der Waals surface area contributed by atoms with Crippen LogP contribution in [-0.2, 0) is 11.2 Å². The van der Waals surface area contributed by atoms with Crippen LogP contribution >= 0.6 is 11.6 Å². The van der Waals surface area contributed by atoms with E-state index in [0.29, 0.717) is 16.3 Å². The van der Waals surface area contributed by atoms with Gasteiger partial charge < -0.3 is 15.0 Å². The fraction of sp³-hybridized carbons (Fsp3) is 0.407. The summed E-state index contributed by atoms with van der Waals surface area (Å²) >= 11 is 6.01. The van der Waals surface area contributed by atoms with E-state index >= 15 is 0 Å². The molecule has 180 valence electrons. The van der Waals surface area contributed by atoms with Crippen LogP contribution in [0.25, 0.3) is 10.9 Å². The molecule has 0 bridgehead atoms. The lowest BCUT2D eigenvalue weighted by Gasteiger charge is -2.32. The first-order valence-corrected chi connectivity index (χ1v) is 12.3. The summed E-state index contributed by atoms with van der Waals surface area (Å²) in [5.41, 5.74) is 2.90. The van der Waals surface area contributed by atoms with Crippen molar-refractivity contribution in [3.8, 4) is 5.75 Å². The number of hydrogen-bond donors (Lipinski definition) is 1. The Hall–Kier alpha value is -2.83. The number of benzene rings is 2. The predicted molar refractivity (Wildman–Crippen MR) is 136 cm³/mol. The van der Waals surface area contributed by atoms with Gasteiger partial charge in [0.15, 0.2) is 0 Å². The molecule has 7 heteroatoms. The zero-order valence-corrected chi connectivity index (χ0v) is 20.8. The van der Waals surface area contributed by atoms with Crippen molar-refractivity contribution < 1.29 is 14.3 Å². The minimum Gasteiger partial charge on any atom is -0.497 e. The van der Waals surface area contributed by atoms with Gasteiger partial charge in [-0.25, -0.2) is 0 Å². The largest absolute Gasteiger partial charge is 0.497 e. The van der Waals surface area contributed by atoms with Gasteiger partial charge in [0.1, 0.15) is 5.75 Å². The monoisotopic (exact) mass is 481 g/mol. The van der Waals surface area contributed by atoms with Crippen LogP contribution in [0, 0.1) is 6.92 Å². The van der Waals surface area contributed by atoms with Crippen molar-refractivity contribution in [1.82, 2.24) is 14.8 Å². The third kappa shape index (κ3) is 5.13. The molecule has 1 aromatic heterocycles. The van der Waals surface area contributed by atoms with E-state index in [2.05, 4.69) is 17.1 Å². The molecule has 3 aromatic rings. The second-order valence-corrected chi connectivity index (χ2v) is 9.39. The molecule has 0 atom stereocenters. The minimum atomic E-state index is -0.153. The number of aromatic nitrogens is 1. The highest BCUT2D eigenvalue weighted by Crippen LogP contribution is 2.31. The molecule has 6 nitrogen and oxygen atoms in total. The maximum atomic E-state index is 13.4. The molecule has 0 radical (unpaired) electrons. The quantitative estimate of drug-likeness (QED) is 0.524. The predicted octanol–water partition coefficient (Wildman–Crippen LogP) is 4.83. The number of carbonyl (C=O) groups excluding carboxylic acids is 2. The van der Waals surface area contributed by atoms with Crippen molar-refractivity contribution in [1.29, 1.82) is 0 Å². The summed E-state index contributed by atoms with van der Waals surface area (Å²) in [7, 11) is 1.61. The highest BCUT2D eigenvalue weighted by molar-refractivity contribution is 6.30. The average Bonchev–Trinajstić information content (AvgIpc) is 3.11. The van der Waals surface area contributed by atoms with E-state index in [-0.39, 0.29) is 24.3 Å². The number of piperidine rings is 1. The van der Waals surface area contributed by atoms with E-state index in [0.717, 1.165) is 61.1 Å². The van der Waals surface area contributed by atoms with Crippen molar-refractivity contribution >= 4 is 34.3 Å². The second kappa shape index (κ2) is 10.6. The molecule has 34 heavy (non-hydrogen) atoms. The van der Waals surface area contributed by atoms with Gasteiger partial charge in [0.25, 0.3) is 5.91 Å². The van der Waals surface area contributed by atoms with Crippen molar-refractivity contribution in [2.75, 3.05) is 26.7 Å². The van der Waals surface area contributed by atoms with Gasteiger partial charge in [-0.1, -0.05) is 18.5 Å². The molecule has 1 saturated heterocycles. The molecule has 0 unspecified atom stereocenters. The molecular weight excluding hydrogens is 450 g/mol. The maximum absolute atomic E-state index is 13.4. The van der Waals surface area contributed by atoms with Crippen LogP contribution in [0.2, 0.25) is 5.02 Å². The fourth-order valence-electron chi connectivity index (χ4n) is 4.85. The Kier molecular flexibility index (Phi) is 7.59. The molecule has 1 fully saturated rings. The number of ether oxygens (including phenoxy) is 1. The Morgan fingerprint density at radius 2 is 1.82 bits per heavy atom. The van der Waals surface area contributed by atoms with E-state index in [1.165, 1.54) is 0 Å². The van der Waals surface area contributed by atoms with Crippen molar-refractivity contribution in [3.63, 3.8) is 0 Å². The molecule has 1 aliphatic heterocycles. The summed E-state index contributed by atoms with van der Waals surface area (Å²) in [6.45, 7) is 7.24. The zero-order valence-electron chi connectivity index (χ0n) is 20.1. The Morgan fingerprint density at radius 1 is 1.12 bits per heavy atom. The fourth-order valence-corrected chi connectivity index (χ4v) is 4.98. The minimum absolute atomic E-state index is 0.0159. The molecule has 0 saturated carbocycles. The maximum Gasteiger partial charge on any atom is 0.262 e. The molecular formula is C27H32ClN3O3. The topological polar surface area (TPSA) is 63.6 Å². The standard InChI is InChI=1S/C27H32ClN3O3/c1-4-13-30-14-11-21(12-15-30)29-26(32)17-23-18(2)31(25-10-9-22(34-3)16-24(23)25)27(33)19-5-7-20(28)8-6-19/h5-10,16,21H,4,11-15,17H2,1-3H3,(H,29,32). The lowest BCUT2D eigenvalue weighted by molar-refractivity contribution is -0.121. The highest BCUT2D eigenvalue weighted by Gasteiger charge is 2.24. The summed E-state index contributed by atoms with van der Waals surface area (Å²) in [6.07, 6.45) is 3.30. The van der Waals surface area contributed by atoms with Crippen LogP contribution in [-0.4, -0.2) is 54.1 Å². The molecule has 1 amide bonds. The molecule has 1 aliphatic rings. The van der Waals surface area contributed by atoms with Gasteiger partial charge >= 0.3 is 0 Å². The summed E-state index contributed by atoms with van der Waals surface area (Å²) in [6, 6.07) is 12.7. The van der Waals surface area contributed by atoms with Crippen LogP contribution in [0.15, 0.2) is 42.5 Å². The smallest absolute Gasteiger partial charge is 0.262 e. The van der Waals surface area contributed by atoms with Gasteiger partial charge in [-0.3, -0.25) is 14.2 Å². The number of carbonyl (C=O) groups is 2. The van der Waals surface area contributed by atoms with E-state index in [4.69, 9.17) is 16.3 Å². The Labute approximate surface area is 205 Å². The number of methoxy groups -OCH3 is 1. The van der Waals surface area contributed by atoms with Crippen LogP contribution in [0.1, 0.15) is 47.8 Å². The Bertz CT molecular complexity index is 1180. The first-order chi connectivity index (χ1) is 16.4. The van der Waals surface area contributed by atoms with E-state index in [1.807, 2.05) is 25.1 Å². The highest BCUT2D eigenvalue weighted by atomic mass is 35.5. The summed E-state index contributed by atoms with van der Waals surface area (Å²) in [4.78, 5) is 28.9. The summed E-state index contributed by atoms with van der Waals surface area (Å²) in [5.74, 6) is 0.519. The third-order valence-corrected chi connectivity index (χ3v) is 6.92. The molecule has 1 N–H and O–H groups in total. The van der Waals surface area contributed by atoms with Crippen molar-refractivity contribution in [2.45, 2.75) is 45.6 Å². The molecule has 0 spiro atoms. The van der Waals surface area contributed by atoms with E-state index in [1.54, 1.807) is 35.9 Å². The number of likely N-dealkylation sites (tertiary alicyclic amines) is 1. The Morgan fingerprint density at radius 3 is 2.47 bits per heavy atom. The van der Waals surface area contributed by atoms with Gasteiger partial charge in [0.05, 0.1) is 19.0 Å².